The minimum atomic E-state index is -0.0799. The molecule has 1 rings (SSSR count). The number of carbonyl (C=O) groups is 1. The Morgan fingerprint density at radius 3 is 2.28 bits per heavy atom. The Bertz CT molecular complexity index is 436. The highest BCUT2D eigenvalue weighted by Gasteiger charge is 2.07. The number of para-hydroxylation sites is 1. The van der Waals surface area contributed by atoms with Gasteiger partial charge in [0, 0.05) is 11.8 Å². The van der Waals surface area contributed by atoms with Gasteiger partial charge in [0.1, 0.15) is 0 Å². The Hall–Kier alpha value is -1.83. The molecule has 0 radical (unpaired) electrons. The quantitative estimate of drug-likeness (QED) is 0.617. The topological polar surface area (TPSA) is 29.1 Å². The van der Waals surface area contributed by atoms with Crippen molar-refractivity contribution in [1.29, 1.82) is 0 Å². The van der Waals surface area contributed by atoms with E-state index in [2.05, 4.69) is 31.3 Å². The summed E-state index contributed by atoms with van der Waals surface area (Å²) in [5.41, 5.74) is 3.34. The monoisotopic (exact) mass is 243 g/mol. The molecule has 1 N–H and O–H groups in total. The first kappa shape index (κ1) is 14.2. The largest absolute Gasteiger partial charge is 0.322 e. The fourth-order valence-corrected chi connectivity index (χ4v) is 1.82. The van der Waals surface area contributed by atoms with Crippen molar-refractivity contribution >= 4 is 11.6 Å². The number of rotatable bonds is 5. The molecule has 0 bridgehead atoms. The number of hydrogen-bond acceptors (Lipinski definition) is 1. The molecule has 0 aliphatic heterocycles. The van der Waals surface area contributed by atoms with Crippen molar-refractivity contribution in [3.63, 3.8) is 0 Å². The van der Waals surface area contributed by atoms with Crippen molar-refractivity contribution in [3.05, 3.63) is 53.6 Å². The molecule has 0 aromatic heterocycles. The summed E-state index contributed by atoms with van der Waals surface area (Å²) >= 11 is 0. The SMILES string of the molecule is C/C=C/C=C/C(=O)Nc1c(CC)cccc1CC. The van der Waals surface area contributed by atoms with Crippen LogP contribution in [0.1, 0.15) is 31.9 Å². The second-order valence-corrected chi connectivity index (χ2v) is 4.03. The fourth-order valence-electron chi connectivity index (χ4n) is 1.82. The van der Waals surface area contributed by atoms with Gasteiger partial charge in [-0.3, -0.25) is 4.79 Å². The van der Waals surface area contributed by atoms with Crippen LogP contribution in [-0.2, 0) is 17.6 Å². The van der Waals surface area contributed by atoms with Crippen LogP contribution in [0.4, 0.5) is 5.69 Å². The molecule has 0 unspecified atom stereocenters. The summed E-state index contributed by atoms with van der Waals surface area (Å²) in [6, 6.07) is 6.16. The van der Waals surface area contributed by atoms with Gasteiger partial charge >= 0.3 is 0 Å². The van der Waals surface area contributed by atoms with Crippen molar-refractivity contribution < 1.29 is 4.79 Å². The molecule has 96 valence electrons. The van der Waals surface area contributed by atoms with Crippen LogP contribution in [0.15, 0.2) is 42.5 Å². The molecular formula is C16H21NO. The number of aryl methyl sites for hydroxylation is 2. The van der Waals surface area contributed by atoms with Crippen molar-refractivity contribution in [2.45, 2.75) is 33.6 Å². The van der Waals surface area contributed by atoms with Crippen LogP contribution in [-0.4, -0.2) is 5.91 Å². The third kappa shape index (κ3) is 3.88. The average molecular weight is 243 g/mol. The summed E-state index contributed by atoms with van der Waals surface area (Å²) in [6.45, 7) is 6.12. The smallest absolute Gasteiger partial charge is 0.248 e. The first-order valence-electron chi connectivity index (χ1n) is 6.44. The van der Waals surface area contributed by atoms with E-state index in [9.17, 15) is 4.79 Å². The second kappa shape index (κ2) is 7.49. The third-order valence-electron chi connectivity index (χ3n) is 2.80. The molecule has 0 saturated heterocycles. The van der Waals surface area contributed by atoms with Crippen molar-refractivity contribution in [3.8, 4) is 0 Å². The minimum absolute atomic E-state index is 0.0799. The van der Waals surface area contributed by atoms with E-state index in [4.69, 9.17) is 0 Å². The molecule has 0 atom stereocenters. The van der Waals surface area contributed by atoms with Gasteiger partial charge in [-0.15, -0.1) is 0 Å². The van der Waals surface area contributed by atoms with Crippen LogP contribution in [0.25, 0.3) is 0 Å². The van der Waals surface area contributed by atoms with Crippen molar-refractivity contribution in [1.82, 2.24) is 0 Å². The van der Waals surface area contributed by atoms with Crippen LogP contribution >= 0.6 is 0 Å². The van der Waals surface area contributed by atoms with E-state index in [0.29, 0.717) is 0 Å². The number of anilines is 1. The lowest BCUT2D eigenvalue weighted by molar-refractivity contribution is -0.111. The van der Waals surface area contributed by atoms with Gasteiger partial charge in [0.15, 0.2) is 0 Å². The van der Waals surface area contributed by atoms with Crippen LogP contribution < -0.4 is 5.32 Å². The molecule has 0 saturated carbocycles. The number of allylic oxidation sites excluding steroid dienone is 3. The Morgan fingerprint density at radius 2 is 1.78 bits per heavy atom. The predicted octanol–water partition coefficient (Wildman–Crippen LogP) is 3.88. The average Bonchev–Trinajstić information content (AvgIpc) is 2.39. The summed E-state index contributed by atoms with van der Waals surface area (Å²) in [5, 5.41) is 2.98. The minimum Gasteiger partial charge on any atom is -0.322 e. The third-order valence-corrected chi connectivity index (χ3v) is 2.80. The number of amides is 1. The van der Waals surface area contributed by atoms with E-state index in [1.807, 2.05) is 25.1 Å². The van der Waals surface area contributed by atoms with Gasteiger partial charge in [-0.2, -0.15) is 0 Å². The van der Waals surface area contributed by atoms with E-state index in [-0.39, 0.29) is 5.91 Å². The number of hydrogen-bond donors (Lipinski definition) is 1. The van der Waals surface area contributed by atoms with Gasteiger partial charge in [0.2, 0.25) is 5.91 Å². The van der Waals surface area contributed by atoms with E-state index < -0.39 is 0 Å². The summed E-state index contributed by atoms with van der Waals surface area (Å²) in [6.07, 6.45) is 8.86. The van der Waals surface area contributed by atoms with Gasteiger partial charge in [-0.1, -0.05) is 50.3 Å². The van der Waals surface area contributed by atoms with Crippen molar-refractivity contribution in [2.75, 3.05) is 5.32 Å². The standard InChI is InChI=1S/C16H21NO/c1-4-7-8-12-15(18)17-16-13(5-2)10-9-11-14(16)6-3/h4,7-12H,5-6H2,1-3H3,(H,17,18)/b7-4+,12-8+. The van der Waals surface area contributed by atoms with Gasteiger partial charge in [0.05, 0.1) is 0 Å². The highest BCUT2D eigenvalue weighted by Crippen LogP contribution is 2.22. The zero-order valence-electron chi connectivity index (χ0n) is 11.4. The highest BCUT2D eigenvalue weighted by molar-refractivity contribution is 6.00. The number of carbonyl (C=O) groups excluding carboxylic acids is 1. The Balaban J connectivity index is 2.91. The second-order valence-electron chi connectivity index (χ2n) is 4.03. The zero-order valence-corrected chi connectivity index (χ0v) is 11.4. The molecular weight excluding hydrogens is 222 g/mol. The first-order chi connectivity index (χ1) is 8.72. The fraction of sp³-hybridized carbons (Fsp3) is 0.312. The molecule has 0 fully saturated rings. The summed E-state index contributed by atoms with van der Waals surface area (Å²) < 4.78 is 0. The first-order valence-corrected chi connectivity index (χ1v) is 6.44. The molecule has 0 spiro atoms. The van der Waals surface area contributed by atoms with Gasteiger partial charge in [-0.25, -0.2) is 0 Å². The van der Waals surface area contributed by atoms with Crippen LogP contribution in [0.2, 0.25) is 0 Å². The van der Waals surface area contributed by atoms with E-state index >= 15 is 0 Å². The number of nitrogens with one attached hydrogen (secondary N) is 1. The summed E-state index contributed by atoms with van der Waals surface area (Å²) in [4.78, 5) is 11.8. The van der Waals surface area contributed by atoms with Crippen LogP contribution in [0.5, 0.6) is 0 Å². The van der Waals surface area contributed by atoms with E-state index in [0.717, 1.165) is 18.5 Å². The Kier molecular flexibility index (Phi) is 5.92. The van der Waals surface area contributed by atoms with Crippen molar-refractivity contribution in [2.24, 2.45) is 0 Å². The maximum Gasteiger partial charge on any atom is 0.248 e. The lowest BCUT2D eigenvalue weighted by atomic mass is 10.0. The molecule has 0 aliphatic carbocycles. The lowest BCUT2D eigenvalue weighted by Crippen LogP contribution is -2.11. The van der Waals surface area contributed by atoms with E-state index in [1.165, 1.54) is 11.1 Å². The van der Waals surface area contributed by atoms with Crippen LogP contribution in [0, 0.1) is 0 Å². The molecule has 2 nitrogen and oxygen atoms in total. The van der Waals surface area contributed by atoms with Gasteiger partial charge in [0.25, 0.3) is 0 Å². The number of benzene rings is 1. The van der Waals surface area contributed by atoms with Gasteiger partial charge in [-0.05, 0) is 30.9 Å². The molecule has 18 heavy (non-hydrogen) atoms. The molecule has 1 aromatic carbocycles. The molecule has 1 aromatic rings. The summed E-state index contributed by atoms with van der Waals surface area (Å²) in [7, 11) is 0. The van der Waals surface area contributed by atoms with Crippen LogP contribution in [0.3, 0.4) is 0 Å². The maximum absolute atomic E-state index is 11.8. The molecule has 2 heteroatoms. The highest BCUT2D eigenvalue weighted by atomic mass is 16.1. The molecule has 0 heterocycles. The molecule has 1 amide bonds. The maximum atomic E-state index is 11.8. The van der Waals surface area contributed by atoms with Gasteiger partial charge < -0.3 is 5.32 Å². The normalized spacial score (nSPS) is 11.3. The Labute approximate surface area is 109 Å². The molecule has 0 aliphatic rings. The summed E-state index contributed by atoms with van der Waals surface area (Å²) in [5.74, 6) is -0.0799. The zero-order chi connectivity index (χ0) is 13.4. The Morgan fingerprint density at radius 1 is 1.17 bits per heavy atom. The predicted molar refractivity (Wildman–Crippen MR) is 77.8 cm³/mol. The lowest BCUT2D eigenvalue weighted by Gasteiger charge is -2.13. The van der Waals surface area contributed by atoms with E-state index in [1.54, 1.807) is 12.2 Å².